The largest absolute Gasteiger partial charge is 0.491 e. The van der Waals surface area contributed by atoms with Crippen LogP contribution in [-0.4, -0.2) is 34.3 Å². The Labute approximate surface area is 268 Å². The minimum absolute atomic E-state index is 0.102. The number of fused-ring (bicyclic) bond motifs is 1. The molecule has 1 aliphatic heterocycles. The lowest BCUT2D eigenvalue weighted by molar-refractivity contribution is -0.138. The number of benzene rings is 3. The van der Waals surface area contributed by atoms with Crippen LogP contribution >= 0.6 is 11.3 Å². The quantitative estimate of drug-likeness (QED) is 0.207. The summed E-state index contributed by atoms with van der Waals surface area (Å²) in [5.41, 5.74) is 2.07. The fourth-order valence-electron chi connectivity index (χ4n) is 5.39. The standard InChI is InChI=1S/C36H30N2O7S/c1-4-43-35(42)30-31(22-12-6-5-7-13-22)37-36-38(32(30)26-16-10-11-17-27(26)44-21(2)3)33(39)29(46-36)20-23-18-19-28(45-23)24-14-8-9-15-25(24)34(40)41/h5-21,32H,4H2,1-3H3,(H,40,41)/b29-20+/t32-/m1/s1. The van der Waals surface area contributed by atoms with Gasteiger partial charge in [-0.15, -0.1) is 0 Å². The maximum absolute atomic E-state index is 14.3. The van der Waals surface area contributed by atoms with E-state index >= 15 is 0 Å². The van der Waals surface area contributed by atoms with Crippen molar-refractivity contribution < 1.29 is 28.6 Å². The van der Waals surface area contributed by atoms with Gasteiger partial charge in [0.2, 0.25) is 0 Å². The highest BCUT2D eigenvalue weighted by Gasteiger charge is 2.36. The number of thiazole rings is 1. The molecule has 2 aromatic heterocycles. The average Bonchev–Trinajstić information content (AvgIpc) is 3.64. The lowest BCUT2D eigenvalue weighted by Crippen LogP contribution is -2.40. The van der Waals surface area contributed by atoms with E-state index in [1.807, 2.05) is 68.4 Å². The summed E-state index contributed by atoms with van der Waals surface area (Å²) in [6, 6.07) is 25.6. The molecule has 0 spiro atoms. The number of carboxylic acids is 1. The zero-order valence-corrected chi connectivity index (χ0v) is 26.1. The first-order chi connectivity index (χ1) is 22.3. The van der Waals surface area contributed by atoms with Crippen molar-refractivity contribution in [1.82, 2.24) is 4.57 Å². The second-order valence-electron chi connectivity index (χ2n) is 10.7. The average molecular weight is 635 g/mol. The molecular weight excluding hydrogens is 604 g/mol. The summed E-state index contributed by atoms with van der Waals surface area (Å²) in [6.45, 7) is 5.68. The molecule has 0 radical (unpaired) electrons. The third kappa shape index (κ3) is 5.82. The van der Waals surface area contributed by atoms with Crippen molar-refractivity contribution in [3.05, 3.63) is 139 Å². The number of rotatable bonds is 9. The van der Waals surface area contributed by atoms with E-state index < -0.39 is 18.0 Å². The van der Waals surface area contributed by atoms with Crippen molar-refractivity contribution in [3.63, 3.8) is 0 Å². The number of ether oxygens (including phenoxy) is 2. The van der Waals surface area contributed by atoms with Crippen molar-refractivity contribution in [2.45, 2.75) is 32.9 Å². The first kappa shape index (κ1) is 30.5. The SMILES string of the molecule is CCOC(=O)C1=C(c2ccccc2)N=c2s/c(=C/c3ccc(-c4ccccc4C(=O)O)o3)c(=O)n2[C@@H]1c1ccccc1OC(C)C. The first-order valence-electron chi connectivity index (χ1n) is 14.7. The van der Waals surface area contributed by atoms with Gasteiger partial charge in [-0.3, -0.25) is 9.36 Å². The normalized spacial score (nSPS) is 14.6. The summed E-state index contributed by atoms with van der Waals surface area (Å²) >= 11 is 1.16. The van der Waals surface area contributed by atoms with E-state index in [-0.39, 0.29) is 29.4 Å². The molecule has 3 aromatic carbocycles. The summed E-state index contributed by atoms with van der Waals surface area (Å²) in [4.78, 5) is 45.1. The molecule has 1 aliphatic rings. The molecule has 9 nitrogen and oxygen atoms in total. The predicted molar refractivity (Wildman–Crippen MR) is 174 cm³/mol. The van der Waals surface area contributed by atoms with E-state index in [2.05, 4.69) is 0 Å². The van der Waals surface area contributed by atoms with Crippen LogP contribution in [-0.2, 0) is 9.53 Å². The van der Waals surface area contributed by atoms with E-state index in [0.29, 0.717) is 49.0 Å². The number of aromatic carboxylic acids is 1. The van der Waals surface area contributed by atoms with Crippen LogP contribution in [0.1, 0.15) is 54.1 Å². The van der Waals surface area contributed by atoms with Crippen LogP contribution in [0, 0.1) is 0 Å². The van der Waals surface area contributed by atoms with Gasteiger partial charge in [0.25, 0.3) is 5.56 Å². The molecule has 0 amide bonds. The number of esters is 1. The fourth-order valence-corrected chi connectivity index (χ4v) is 6.37. The van der Waals surface area contributed by atoms with Crippen LogP contribution in [0.4, 0.5) is 0 Å². The summed E-state index contributed by atoms with van der Waals surface area (Å²) in [5, 5.41) is 9.64. The van der Waals surface area contributed by atoms with E-state index in [1.54, 1.807) is 43.3 Å². The molecule has 0 saturated heterocycles. The van der Waals surface area contributed by atoms with Crippen LogP contribution in [0.15, 0.2) is 111 Å². The molecule has 0 aliphatic carbocycles. The fraction of sp³-hybridized carbons (Fsp3) is 0.167. The Bertz CT molecular complexity index is 2160. The Kier molecular flexibility index (Phi) is 8.54. The van der Waals surface area contributed by atoms with Gasteiger partial charge >= 0.3 is 11.9 Å². The number of nitrogens with zero attached hydrogens (tertiary/aromatic N) is 2. The molecule has 6 rings (SSSR count). The van der Waals surface area contributed by atoms with E-state index in [1.165, 1.54) is 10.6 Å². The molecule has 1 atom stereocenters. The summed E-state index contributed by atoms with van der Waals surface area (Å²) < 4.78 is 19.6. The summed E-state index contributed by atoms with van der Waals surface area (Å²) in [7, 11) is 0. The number of carbonyl (C=O) groups is 2. The monoisotopic (exact) mass is 634 g/mol. The molecular formula is C36H30N2O7S. The summed E-state index contributed by atoms with van der Waals surface area (Å²) in [5.74, 6) is -0.424. The van der Waals surface area contributed by atoms with Gasteiger partial charge in [-0.05, 0) is 45.0 Å². The smallest absolute Gasteiger partial charge is 0.338 e. The Morgan fingerprint density at radius 2 is 1.72 bits per heavy atom. The van der Waals surface area contributed by atoms with Crippen LogP contribution in [0.5, 0.6) is 5.75 Å². The highest BCUT2D eigenvalue weighted by Crippen LogP contribution is 2.39. The number of para-hydroxylation sites is 1. The third-order valence-electron chi connectivity index (χ3n) is 7.27. The van der Waals surface area contributed by atoms with Crippen LogP contribution in [0.25, 0.3) is 23.1 Å². The van der Waals surface area contributed by atoms with Gasteiger partial charge in [-0.25, -0.2) is 14.6 Å². The van der Waals surface area contributed by atoms with Gasteiger partial charge in [-0.1, -0.05) is 78.1 Å². The minimum Gasteiger partial charge on any atom is -0.491 e. The summed E-state index contributed by atoms with van der Waals surface area (Å²) in [6.07, 6.45) is 1.43. The van der Waals surface area contributed by atoms with Gasteiger partial charge in [0.05, 0.1) is 34.1 Å². The number of hydrogen-bond acceptors (Lipinski definition) is 8. The topological polar surface area (TPSA) is 120 Å². The molecule has 0 fully saturated rings. The van der Waals surface area contributed by atoms with E-state index in [9.17, 15) is 19.5 Å². The highest BCUT2D eigenvalue weighted by atomic mass is 32.1. The van der Waals surface area contributed by atoms with Gasteiger partial charge in [0, 0.05) is 22.8 Å². The number of furan rings is 1. The first-order valence-corrected chi connectivity index (χ1v) is 15.5. The Balaban J connectivity index is 1.58. The van der Waals surface area contributed by atoms with Crippen molar-refractivity contribution in [1.29, 1.82) is 0 Å². The number of hydrogen-bond donors (Lipinski definition) is 1. The molecule has 1 N–H and O–H groups in total. The second kappa shape index (κ2) is 12.9. The maximum atomic E-state index is 14.3. The maximum Gasteiger partial charge on any atom is 0.338 e. The molecule has 10 heteroatoms. The number of carbonyl (C=O) groups excluding carboxylic acids is 1. The lowest BCUT2D eigenvalue weighted by Gasteiger charge is -2.27. The lowest BCUT2D eigenvalue weighted by atomic mass is 9.92. The predicted octanol–water partition coefficient (Wildman–Crippen LogP) is 5.68. The molecule has 3 heterocycles. The van der Waals surface area contributed by atoms with Crippen LogP contribution in [0.2, 0.25) is 0 Å². The van der Waals surface area contributed by atoms with Gasteiger partial charge < -0.3 is 19.0 Å². The third-order valence-corrected chi connectivity index (χ3v) is 8.26. The Morgan fingerprint density at radius 3 is 2.46 bits per heavy atom. The Morgan fingerprint density at radius 1 is 1.00 bits per heavy atom. The van der Waals surface area contributed by atoms with Crippen LogP contribution in [0.3, 0.4) is 0 Å². The number of carboxylic acid groups (broad SMARTS) is 1. The minimum atomic E-state index is -1.07. The molecule has 0 unspecified atom stereocenters. The molecule has 0 bridgehead atoms. The van der Waals surface area contributed by atoms with Crippen molar-refractivity contribution in [2.24, 2.45) is 4.99 Å². The molecule has 0 saturated carbocycles. The van der Waals surface area contributed by atoms with Crippen molar-refractivity contribution >= 4 is 35.0 Å². The van der Waals surface area contributed by atoms with Crippen LogP contribution < -0.4 is 19.6 Å². The van der Waals surface area contributed by atoms with E-state index in [4.69, 9.17) is 18.9 Å². The van der Waals surface area contributed by atoms with Gasteiger partial charge in [-0.2, -0.15) is 0 Å². The second-order valence-corrected chi connectivity index (χ2v) is 11.7. The van der Waals surface area contributed by atoms with E-state index in [0.717, 1.165) is 11.3 Å². The van der Waals surface area contributed by atoms with Crippen molar-refractivity contribution in [2.75, 3.05) is 6.61 Å². The Hall–Kier alpha value is -5.48. The van der Waals surface area contributed by atoms with Crippen molar-refractivity contribution in [3.8, 4) is 17.1 Å². The van der Waals surface area contributed by atoms with Gasteiger partial charge in [0.15, 0.2) is 4.80 Å². The number of aromatic nitrogens is 1. The molecule has 46 heavy (non-hydrogen) atoms. The van der Waals surface area contributed by atoms with Gasteiger partial charge in [0.1, 0.15) is 23.3 Å². The molecule has 232 valence electrons. The zero-order valence-electron chi connectivity index (χ0n) is 25.3. The molecule has 5 aromatic rings. The highest BCUT2D eigenvalue weighted by molar-refractivity contribution is 7.07. The zero-order chi connectivity index (χ0) is 32.4.